The number of rotatable bonds is 1. The number of aromatic nitrogens is 1. The second-order valence-corrected chi connectivity index (χ2v) is 2.88. The van der Waals surface area contributed by atoms with E-state index in [4.69, 9.17) is 4.74 Å². The van der Waals surface area contributed by atoms with Crippen molar-refractivity contribution < 1.29 is 9.53 Å². The lowest BCUT2D eigenvalue weighted by atomic mass is 10.2. The molecule has 4 nitrogen and oxygen atoms in total. The van der Waals surface area contributed by atoms with Crippen molar-refractivity contribution in [3.05, 3.63) is 18.5 Å². The number of hydrogen-bond acceptors (Lipinski definition) is 3. The molecular formula is C9H10N2O2. The van der Waals surface area contributed by atoms with Crippen molar-refractivity contribution in [1.82, 2.24) is 4.98 Å². The minimum absolute atomic E-state index is 0.0822. The maximum Gasteiger partial charge on any atom is 0.265 e. The van der Waals surface area contributed by atoms with Gasteiger partial charge in [0.25, 0.3) is 5.91 Å². The van der Waals surface area contributed by atoms with Gasteiger partial charge < -0.3 is 10.1 Å². The first kappa shape index (κ1) is 8.04. The van der Waals surface area contributed by atoms with Gasteiger partial charge in [-0.05, 0) is 12.5 Å². The molecule has 0 radical (unpaired) electrons. The SMILES string of the molecule is CCC1Oc2cnccc2NC1=O. The fourth-order valence-electron chi connectivity index (χ4n) is 1.27. The smallest absolute Gasteiger partial charge is 0.265 e. The fraction of sp³-hybridized carbons (Fsp3) is 0.333. The van der Waals surface area contributed by atoms with Gasteiger partial charge in [-0.2, -0.15) is 0 Å². The molecule has 1 unspecified atom stereocenters. The summed E-state index contributed by atoms with van der Waals surface area (Å²) in [4.78, 5) is 15.2. The molecule has 13 heavy (non-hydrogen) atoms. The maximum absolute atomic E-state index is 11.3. The van der Waals surface area contributed by atoms with Gasteiger partial charge in [0.2, 0.25) is 0 Å². The highest BCUT2D eigenvalue weighted by atomic mass is 16.5. The lowest BCUT2D eigenvalue weighted by Gasteiger charge is -2.24. The number of amides is 1. The summed E-state index contributed by atoms with van der Waals surface area (Å²) < 4.78 is 5.42. The molecule has 1 amide bonds. The summed E-state index contributed by atoms with van der Waals surface area (Å²) in [6.07, 6.45) is 3.52. The summed E-state index contributed by atoms with van der Waals surface area (Å²) in [5.41, 5.74) is 0.699. The van der Waals surface area contributed by atoms with E-state index in [2.05, 4.69) is 10.3 Å². The van der Waals surface area contributed by atoms with Crippen molar-refractivity contribution in [3.8, 4) is 5.75 Å². The molecule has 0 saturated carbocycles. The first-order valence-corrected chi connectivity index (χ1v) is 4.23. The lowest BCUT2D eigenvalue weighted by molar-refractivity contribution is -0.123. The van der Waals surface area contributed by atoms with Crippen molar-refractivity contribution in [2.75, 3.05) is 5.32 Å². The van der Waals surface area contributed by atoms with E-state index in [1.807, 2.05) is 6.92 Å². The molecule has 1 aliphatic rings. The van der Waals surface area contributed by atoms with Crippen LogP contribution in [0.3, 0.4) is 0 Å². The van der Waals surface area contributed by atoms with Crippen molar-refractivity contribution in [2.45, 2.75) is 19.4 Å². The van der Waals surface area contributed by atoms with Crippen molar-refractivity contribution >= 4 is 11.6 Å². The molecule has 4 heteroatoms. The Kier molecular flexibility index (Phi) is 1.88. The molecule has 1 N–H and O–H groups in total. The zero-order valence-electron chi connectivity index (χ0n) is 7.28. The highest BCUT2D eigenvalue weighted by Gasteiger charge is 2.25. The van der Waals surface area contributed by atoms with Crippen LogP contribution in [-0.4, -0.2) is 17.0 Å². The monoisotopic (exact) mass is 178 g/mol. The Morgan fingerprint density at radius 3 is 3.31 bits per heavy atom. The normalized spacial score (nSPS) is 20.1. The molecule has 1 atom stereocenters. The van der Waals surface area contributed by atoms with Crippen LogP contribution in [0.5, 0.6) is 5.75 Å². The summed E-state index contributed by atoms with van der Waals surface area (Å²) in [5.74, 6) is 0.565. The van der Waals surface area contributed by atoms with E-state index in [1.165, 1.54) is 0 Å². The van der Waals surface area contributed by atoms with E-state index in [0.717, 1.165) is 0 Å². The van der Waals surface area contributed by atoms with Crippen LogP contribution in [0.25, 0.3) is 0 Å². The molecule has 1 aromatic rings. The summed E-state index contributed by atoms with van der Waals surface area (Å²) in [7, 11) is 0. The van der Waals surface area contributed by atoms with Crippen molar-refractivity contribution in [3.63, 3.8) is 0 Å². The number of hydrogen-bond donors (Lipinski definition) is 1. The number of anilines is 1. The molecular weight excluding hydrogens is 168 g/mol. The Bertz CT molecular complexity index is 338. The predicted octanol–water partition coefficient (Wildman–Crippen LogP) is 1.19. The highest BCUT2D eigenvalue weighted by Crippen LogP contribution is 2.28. The second kappa shape index (κ2) is 3.05. The molecule has 2 heterocycles. The summed E-state index contributed by atoms with van der Waals surface area (Å²) in [5, 5.41) is 2.76. The number of fused-ring (bicyclic) bond motifs is 1. The third-order valence-electron chi connectivity index (χ3n) is 1.97. The van der Waals surface area contributed by atoms with Crippen molar-refractivity contribution in [2.24, 2.45) is 0 Å². The summed E-state index contributed by atoms with van der Waals surface area (Å²) >= 11 is 0. The topological polar surface area (TPSA) is 51.2 Å². The maximum atomic E-state index is 11.3. The van der Waals surface area contributed by atoms with Gasteiger partial charge in [-0.1, -0.05) is 6.92 Å². The van der Waals surface area contributed by atoms with Gasteiger partial charge in [0, 0.05) is 6.20 Å². The lowest BCUT2D eigenvalue weighted by Crippen LogP contribution is -2.36. The van der Waals surface area contributed by atoms with Crippen LogP contribution < -0.4 is 10.1 Å². The van der Waals surface area contributed by atoms with Crippen LogP contribution in [-0.2, 0) is 4.79 Å². The number of ether oxygens (including phenoxy) is 1. The Hall–Kier alpha value is -1.58. The van der Waals surface area contributed by atoms with Gasteiger partial charge in [0.05, 0.1) is 11.9 Å². The van der Waals surface area contributed by atoms with Gasteiger partial charge in [-0.15, -0.1) is 0 Å². The highest BCUT2D eigenvalue weighted by molar-refractivity contribution is 5.97. The second-order valence-electron chi connectivity index (χ2n) is 2.88. The van der Waals surface area contributed by atoms with E-state index >= 15 is 0 Å². The minimum atomic E-state index is -0.378. The van der Waals surface area contributed by atoms with Crippen molar-refractivity contribution in [1.29, 1.82) is 0 Å². The first-order valence-electron chi connectivity index (χ1n) is 4.23. The molecule has 2 rings (SSSR count). The molecule has 0 aliphatic carbocycles. The van der Waals surface area contributed by atoms with Gasteiger partial charge in [-0.3, -0.25) is 9.78 Å². The molecule has 0 bridgehead atoms. The average Bonchev–Trinajstić information content (AvgIpc) is 2.17. The average molecular weight is 178 g/mol. The molecule has 0 spiro atoms. The number of nitrogens with zero attached hydrogens (tertiary/aromatic N) is 1. The first-order chi connectivity index (χ1) is 6.31. The van der Waals surface area contributed by atoms with Gasteiger partial charge in [0.15, 0.2) is 11.9 Å². The number of pyridine rings is 1. The largest absolute Gasteiger partial charge is 0.477 e. The molecule has 0 saturated heterocycles. The molecule has 1 aliphatic heterocycles. The van der Waals surface area contributed by atoms with Crippen LogP contribution in [0.15, 0.2) is 18.5 Å². The van der Waals surface area contributed by atoms with Gasteiger partial charge in [0.1, 0.15) is 0 Å². The van der Waals surface area contributed by atoms with E-state index in [0.29, 0.717) is 17.9 Å². The zero-order chi connectivity index (χ0) is 9.26. The van der Waals surface area contributed by atoms with Crippen LogP contribution >= 0.6 is 0 Å². The predicted molar refractivity (Wildman–Crippen MR) is 47.6 cm³/mol. The molecule has 68 valence electrons. The number of carbonyl (C=O) groups is 1. The number of nitrogens with one attached hydrogen (secondary N) is 1. The Morgan fingerprint density at radius 2 is 2.54 bits per heavy atom. The summed E-state index contributed by atoms with van der Waals surface area (Å²) in [6, 6.07) is 1.72. The minimum Gasteiger partial charge on any atom is -0.477 e. The zero-order valence-corrected chi connectivity index (χ0v) is 7.28. The van der Waals surface area contributed by atoms with E-state index in [9.17, 15) is 4.79 Å². The quantitative estimate of drug-likeness (QED) is 0.702. The van der Waals surface area contributed by atoms with Gasteiger partial charge in [-0.25, -0.2) is 0 Å². The Balaban J connectivity index is 2.33. The van der Waals surface area contributed by atoms with E-state index in [-0.39, 0.29) is 12.0 Å². The standard InChI is InChI=1S/C9H10N2O2/c1-2-7-9(12)11-6-3-4-10-5-8(6)13-7/h3-5,7H,2H2,1H3,(H,11,12). The Labute approximate surface area is 75.9 Å². The van der Waals surface area contributed by atoms with Crippen LogP contribution in [0.2, 0.25) is 0 Å². The third-order valence-corrected chi connectivity index (χ3v) is 1.97. The van der Waals surface area contributed by atoms with Crippen LogP contribution in [0.4, 0.5) is 5.69 Å². The molecule has 0 aromatic carbocycles. The van der Waals surface area contributed by atoms with E-state index < -0.39 is 0 Å². The molecule has 1 aromatic heterocycles. The van der Waals surface area contributed by atoms with Crippen LogP contribution in [0.1, 0.15) is 13.3 Å². The number of carbonyl (C=O) groups excluding carboxylic acids is 1. The van der Waals surface area contributed by atoms with Gasteiger partial charge >= 0.3 is 0 Å². The molecule has 0 fully saturated rings. The van der Waals surface area contributed by atoms with E-state index in [1.54, 1.807) is 18.5 Å². The Morgan fingerprint density at radius 1 is 1.69 bits per heavy atom. The third kappa shape index (κ3) is 1.35. The fourth-order valence-corrected chi connectivity index (χ4v) is 1.27. The van der Waals surface area contributed by atoms with Crippen LogP contribution in [0, 0.1) is 0 Å². The summed E-state index contributed by atoms with van der Waals surface area (Å²) in [6.45, 7) is 1.91.